The van der Waals surface area contributed by atoms with Gasteiger partial charge in [0, 0.05) is 4.47 Å². The molecule has 2 rings (SSSR count). The summed E-state index contributed by atoms with van der Waals surface area (Å²) in [7, 11) is 0. The quantitative estimate of drug-likeness (QED) is 0.767. The van der Waals surface area contributed by atoms with E-state index in [-0.39, 0.29) is 12.5 Å². The van der Waals surface area contributed by atoms with Gasteiger partial charge in [-0.05, 0) is 42.8 Å². The Morgan fingerprint density at radius 1 is 1.09 bits per heavy atom. The molecule has 0 spiro atoms. The van der Waals surface area contributed by atoms with E-state index < -0.39 is 0 Å². The van der Waals surface area contributed by atoms with Crippen molar-refractivity contribution in [1.82, 2.24) is 5.32 Å². The van der Waals surface area contributed by atoms with E-state index in [9.17, 15) is 4.79 Å². The molecule has 0 saturated heterocycles. The van der Waals surface area contributed by atoms with Crippen molar-refractivity contribution in [3.63, 3.8) is 0 Å². The van der Waals surface area contributed by atoms with Gasteiger partial charge in [-0.1, -0.05) is 34.1 Å². The second-order valence-corrected chi connectivity index (χ2v) is 5.62. The number of nitrogens with one attached hydrogen (secondary N) is 1. The predicted octanol–water partition coefficient (Wildman–Crippen LogP) is 3.33. The van der Waals surface area contributed by atoms with Crippen LogP contribution in [0.1, 0.15) is 5.56 Å². The van der Waals surface area contributed by atoms with E-state index in [1.54, 1.807) is 12.1 Å². The summed E-state index contributed by atoms with van der Waals surface area (Å²) in [5, 5.41) is 2.76. The molecule has 1 amide bonds. The first-order valence-corrected chi connectivity index (χ1v) is 7.78. The third-order valence-electron chi connectivity index (χ3n) is 2.96. The Morgan fingerprint density at radius 3 is 2.55 bits per heavy atom. The van der Waals surface area contributed by atoms with Crippen molar-refractivity contribution in [1.29, 1.82) is 0 Å². The minimum absolute atomic E-state index is 0.00794. The summed E-state index contributed by atoms with van der Waals surface area (Å²) >= 11 is 3.34. The van der Waals surface area contributed by atoms with Crippen LogP contribution in [0.3, 0.4) is 0 Å². The van der Waals surface area contributed by atoms with Crippen LogP contribution in [0.25, 0.3) is 0 Å². The lowest BCUT2D eigenvalue weighted by Gasteiger charge is -2.10. The number of hydrogen-bond acceptors (Lipinski definition) is 3. The predicted molar refractivity (Wildman–Crippen MR) is 89.3 cm³/mol. The first-order valence-electron chi connectivity index (χ1n) is 6.98. The molecule has 0 aliphatic rings. The monoisotopic (exact) mass is 363 g/mol. The molecule has 22 heavy (non-hydrogen) atoms. The number of ether oxygens (including phenoxy) is 2. The van der Waals surface area contributed by atoms with Gasteiger partial charge < -0.3 is 14.8 Å². The van der Waals surface area contributed by atoms with Crippen molar-refractivity contribution < 1.29 is 14.3 Å². The van der Waals surface area contributed by atoms with E-state index in [1.807, 2.05) is 43.3 Å². The summed E-state index contributed by atoms with van der Waals surface area (Å²) in [5.41, 5.74) is 1.08. The fourth-order valence-corrected chi connectivity index (χ4v) is 2.06. The molecule has 0 aliphatic carbocycles. The first kappa shape index (κ1) is 16.4. The number of hydrogen-bond donors (Lipinski definition) is 1. The highest BCUT2D eigenvalue weighted by atomic mass is 79.9. The Balaban J connectivity index is 1.64. The maximum Gasteiger partial charge on any atom is 0.258 e. The van der Waals surface area contributed by atoms with Crippen molar-refractivity contribution in [2.24, 2.45) is 0 Å². The van der Waals surface area contributed by atoms with Crippen LogP contribution in [0.4, 0.5) is 0 Å². The van der Waals surface area contributed by atoms with Gasteiger partial charge in [0.25, 0.3) is 5.91 Å². The van der Waals surface area contributed by atoms with Crippen LogP contribution in [0.15, 0.2) is 53.0 Å². The third-order valence-corrected chi connectivity index (χ3v) is 3.49. The van der Waals surface area contributed by atoms with Crippen LogP contribution >= 0.6 is 15.9 Å². The Bertz CT molecular complexity index is 614. The maximum atomic E-state index is 11.7. The van der Waals surface area contributed by atoms with E-state index in [2.05, 4.69) is 21.2 Å². The van der Waals surface area contributed by atoms with Crippen LogP contribution in [-0.2, 0) is 4.79 Å². The fourth-order valence-electron chi connectivity index (χ4n) is 1.80. The van der Waals surface area contributed by atoms with E-state index in [0.717, 1.165) is 15.8 Å². The lowest BCUT2D eigenvalue weighted by atomic mass is 10.2. The topological polar surface area (TPSA) is 47.6 Å². The van der Waals surface area contributed by atoms with Gasteiger partial charge in [-0.15, -0.1) is 0 Å². The normalized spacial score (nSPS) is 10.1. The molecule has 116 valence electrons. The minimum atomic E-state index is -0.170. The first-order chi connectivity index (χ1) is 10.6. The number of amides is 1. The van der Waals surface area contributed by atoms with Crippen molar-refractivity contribution >= 4 is 21.8 Å². The molecule has 0 radical (unpaired) electrons. The Kier molecular flexibility index (Phi) is 6.27. The molecule has 0 atom stereocenters. The van der Waals surface area contributed by atoms with Gasteiger partial charge in [-0.3, -0.25) is 4.79 Å². The highest BCUT2D eigenvalue weighted by Gasteiger charge is 2.03. The van der Waals surface area contributed by atoms with Gasteiger partial charge in [0.05, 0.1) is 6.54 Å². The largest absolute Gasteiger partial charge is 0.491 e. The van der Waals surface area contributed by atoms with Crippen LogP contribution in [-0.4, -0.2) is 25.7 Å². The van der Waals surface area contributed by atoms with Crippen LogP contribution in [0.5, 0.6) is 11.5 Å². The van der Waals surface area contributed by atoms with Gasteiger partial charge in [-0.25, -0.2) is 0 Å². The Labute approximate surface area is 138 Å². The van der Waals surface area contributed by atoms with Gasteiger partial charge in [0.15, 0.2) is 6.61 Å². The second kappa shape index (κ2) is 8.44. The van der Waals surface area contributed by atoms with E-state index >= 15 is 0 Å². The van der Waals surface area contributed by atoms with E-state index in [1.165, 1.54) is 0 Å². The Hall–Kier alpha value is -2.01. The molecular weight excluding hydrogens is 346 g/mol. The molecular formula is C17H18BrNO3. The number of para-hydroxylation sites is 1. The summed E-state index contributed by atoms with van der Waals surface area (Å²) in [6, 6.07) is 15.1. The summed E-state index contributed by atoms with van der Waals surface area (Å²) in [5.74, 6) is 1.33. The van der Waals surface area contributed by atoms with E-state index in [0.29, 0.717) is 18.9 Å². The average molecular weight is 364 g/mol. The maximum absolute atomic E-state index is 11.7. The van der Waals surface area contributed by atoms with Crippen LogP contribution in [0, 0.1) is 6.92 Å². The number of carbonyl (C=O) groups is 1. The fraction of sp³-hybridized carbons (Fsp3) is 0.235. The number of aryl methyl sites for hydroxylation is 1. The van der Waals surface area contributed by atoms with Crippen molar-refractivity contribution in [3.05, 3.63) is 58.6 Å². The lowest BCUT2D eigenvalue weighted by Crippen LogP contribution is -2.32. The molecule has 2 aromatic carbocycles. The van der Waals surface area contributed by atoms with Gasteiger partial charge in [0.2, 0.25) is 0 Å². The zero-order valence-electron chi connectivity index (χ0n) is 12.3. The van der Waals surface area contributed by atoms with Gasteiger partial charge in [0.1, 0.15) is 18.1 Å². The zero-order valence-corrected chi connectivity index (χ0v) is 13.9. The summed E-state index contributed by atoms with van der Waals surface area (Å²) in [6.07, 6.45) is 0. The molecule has 1 N–H and O–H groups in total. The molecule has 0 aromatic heterocycles. The highest BCUT2D eigenvalue weighted by molar-refractivity contribution is 9.10. The molecule has 0 saturated carbocycles. The summed E-state index contributed by atoms with van der Waals surface area (Å²) in [4.78, 5) is 11.7. The Morgan fingerprint density at radius 2 is 1.82 bits per heavy atom. The SMILES string of the molecule is Cc1ccccc1OCCNC(=O)COc1ccc(Br)cc1. The highest BCUT2D eigenvalue weighted by Crippen LogP contribution is 2.16. The summed E-state index contributed by atoms with van der Waals surface area (Å²) in [6.45, 7) is 2.84. The van der Waals surface area contributed by atoms with Crippen molar-refractivity contribution in [2.75, 3.05) is 19.8 Å². The smallest absolute Gasteiger partial charge is 0.258 e. The molecule has 0 fully saturated rings. The molecule has 2 aromatic rings. The second-order valence-electron chi connectivity index (χ2n) is 4.71. The summed E-state index contributed by atoms with van der Waals surface area (Å²) < 4.78 is 12.0. The molecule has 5 heteroatoms. The molecule has 0 aliphatic heterocycles. The third kappa shape index (κ3) is 5.41. The minimum Gasteiger partial charge on any atom is -0.491 e. The standard InChI is InChI=1S/C17H18BrNO3/c1-13-4-2-3-5-16(13)21-11-10-19-17(20)12-22-15-8-6-14(18)7-9-15/h2-9H,10-12H2,1H3,(H,19,20). The van der Waals surface area contributed by atoms with Crippen LogP contribution in [0.2, 0.25) is 0 Å². The molecule has 0 heterocycles. The molecule has 4 nitrogen and oxygen atoms in total. The number of carbonyl (C=O) groups excluding carboxylic acids is 1. The lowest BCUT2D eigenvalue weighted by molar-refractivity contribution is -0.123. The zero-order chi connectivity index (χ0) is 15.8. The molecule has 0 unspecified atom stereocenters. The van der Waals surface area contributed by atoms with E-state index in [4.69, 9.17) is 9.47 Å². The number of halogens is 1. The number of benzene rings is 2. The van der Waals surface area contributed by atoms with Gasteiger partial charge in [-0.2, -0.15) is 0 Å². The molecule has 0 bridgehead atoms. The van der Waals surface area contributed by atoms with Crippen molar-refractivity contribution in [3.8, 4) is 11.5 Å². The van der Waals surface area contributed by atoms with Crippen molar-refractivity contribution in [2.45, 2.75) is 6.92 Å². The average Bonchev–Trinajstić information content (AvgIpc) is 2.52. The number of rotatable bonds is 7. The van der Waals surface area contributed by atoms with Crippen LogP contribution < -0.4 is 14.8 Å². The van der Waals surface area contributed by atoms with Gasteiger partial charge >= 0.3 is 0 Å².